The molecule has 1 aromatic carbocycles. The van der Waals surface area contributed by atoms with Crippen LogP contribution in [-0.2, 0) is 4.79 Å². The topological polar surface area (TPSA) is 81.6 Å². The number of benzene rings is 1. The van der Waals surface area contributed by atoms with Crippen molar-refractivity contribution in [1.82, 2.24) is 0 Å². The highest BCUT2D eigenvalue weighted by Crippen LogP contribution is 2.34. The van der Waals surface area contributed by atoms with Gasteiger partial charge in [-0.25, -0.2) is 0 Å². The van der Waals surface area contributed by atoms with E-state index in [1.807, 2.05) is 17.9 Å². The van der Waals surface area contributed by atoms with Crippen LogP contribution < -0.4 is 21.1 Å². The zero-order valence-electron chi connectivity index (χ0n) is 9.14. The minimum absolute atomic E-state index is 0.0219. The molecule has 1 aliphatic heterocycles. The summed E-state index contributed by atoms with van der Waals surface area (Å²) in [5, 5.41) is 0. The number of primary amides is 1. The Hall–Kier alpha value is -1.91. The van der Waals surface area contributed by atoms with Crippen molar-refractivity contribution in [3.8, 4) is 5.75 Å². The van der Waals surface area contributed by atoms with E-state index in [1.165, 1.54) is 0 Å². The van der Waals surface area contributed by atoms with E-state index in [0.717, 1.165) is 5.69 Å². The molecule has 86 valence electrons. The number of nitrogen functional groups attached to an aromatic ring is 1. The molecule has 1 unspecified atom stereocenters. The lowest BCUT2D eigenvalue weighted by Gasteiger charge is -2.34. The van der Waals surface area contributed by atoms with Crippen LogP contribution in [0.1, 0.15) is 6.92 Å². The zero-order chi connectivity index (χ0) is 11.7. The van der Waals surface area contributed by atoms with Gasteiger partial charge < -0.3 is 21.1 Å². The van der Waals surface area contributed by atoms with Gasteiger partial charge in [-0.3, -0.25) is 4.79 Å². The van der Waals surface area contributed by atoms with E-state index in [9.17, 15) is 4.79 Å². The van der Waals surface area contributed by atoms with Crippen LogP contribution in [0.4, 0.5) is 11.4 Å². The summed E-state index contributed by atoms with van der Waals surface area (Å²) in [6, 6.07) is 5.39. The van der Waals surface area contributed by atoms with Crippen molar-refractivity contribution in [2.45, 2.75) is 13.0 Å². The molecule has 5 nitrogen and oxygen atoms in total. The van der Waals surface area contributed by atoms with Gasteiger partial charge in [0, 0.05) is 11.8 Å². The van der Waals surface area contributed by atoms with E-state index >= 15 is 0 Å². The highest BCUT2D eigenvalue weighted by atomic mass is 16.5. The minimum atomic E-state index is -0.350. The largest absolute Gasteiger partial charge is 0.487 e. The molecule has 0 saturated heterocycles. The van der Waals surface area contributed by atoms with Gasteiger partial charge in [0.05, 0.1) is 18.8 Å². The van der Waals surface area contributed by atoms with E-state index in [2.05, 4.69) is 0 Å². The first-order chi connectivity index (χ1) is 7.56. The number of hydrogen-bond donors (Lipinski definition) is 2. The SMILES string of the molecule is CC1CN(CC(N)=O)c2ccc(N)cc2O1. The van der Waals surface area contributed by atoms with Gasteiger partial charge in [0.25, 0.3) is 0 Å². The number of anilines is 2. The van der Waals surface area contributed by atoms with Gasteiger partial charge in [-0.05, 0) is 19.1 Å². The molecule has 2 rings (SSSR count). The summed E-state index contributed by atoms with van der Waals surface area (Å²) in [4.78, 5) is 12.9. The van der Waals surface area contributed by atoms with E-state index < -0.39 is 0 Å². The third-order valence-corrected chi connectivity index (χ3v) is 2.48. The van der Waals surface area contributed by atoms with Crippen LogP contribution in [0.3, 0.4) is 0 Å². The van der Waals surface area contributed by atoms with Crippen LogP contribution in [-0.4, -0.2) is 25.1 Å². The second-order valence-corrected chi connectivity index (χ2v) is 4.00. The smallest absolute Gasteiger partial charge is 0.236 e. The van der Waals surface area contributed by atoms with Crippen LogP contribution in [0.5, 0.6) is 5.75 Å². The van der Waals surface area contributed by atoms with Crippen LogP contribution in [0, 0.1) is 0 Å². The molecule has 1 heterocycles. The van der Waals surface area contributed by atoms with Crippen molar-refractivity contribution in [2.24, 2.45) is 5.73 Å². The number of hydrogen-bond acceptors (Lipinski definition) is 4. The van der Waals surface area contributed by atoms with Crippen molar-refractivity contribution in [1.29, 1.82) is 0 Å². The van der Waals surface area contributed by atoms with Gasteiger partial charge in [0.2, 0.25) is 5.91 Å². The normalized spacial score (nSPS) is 18.8. The molecule has 16 heavy (non-hydrogen) atoms. The maximum atomic E-state index is 11.0. The van der Waals surface area contributed by atoms with Crippen LogP contribution in [0.25, 0.3) is 0 Å². The van der Waals surface area contributed by atoms with Gasteiger partial charge in [-0.1, -0.05) is 0 Å². The molecule has 5 heteroatoms. The quantitative estimate of drug-likeness (QED) is 0.706. The number of nitrogens with zero attached hydrogens (tertiary/aromatic N) is 1. The van der Waals surface area contributed by atoms with E-state index in [4.69, 9.17) is 16.2 Å². The standard InChI is InChI=1S/C11H15N3O2/c1-7-5-14(6-11(13)15)9-3-2-8(12)4-10(9)16-7/h2-4,7H,5-6,12H2,1H3,(H2,13,15). The van der Waals surface area contributed by atoms with Crippen molar-refractivity contribution in [3.05, 3.63) is 18.2 Å². The fraction of sp³-hybridized carbons (Fsp3) is 0.364. The second kappa shape index (κ2) is 3.92. The van der Waals surface area contributed by atoms with Gasteiger partial charge in [0.1, 0.15) is 11.9 Å². The van der Waals surface area contributed by atoms with Gasteiger partial charge >= 0.3 is 0 Å². The summed E-state index contributed by atoms with van der Waals surface area (Å²) in [5.74, 6) is 0.358. The minimum Gasteiger partial charge on any atom is -0.487 e. The summed E-state index contributed by atoms with van der Waals surface area (Å²) in [6.07, 6.45) is 0.0219. The predicted molar refractivity (Wildman–Crippen MR) is 62.4 cm³/mol. The molecule has 0 saturated carbocycles. The first kappa shape index (κ1) is 10.6. The lowest BCUT2D eigenvalue weighted by atomic mass is 10.2. The summed E-state index contributed by atoms with van der Waals surface area (Å²) < 4.78 is 5.65. The van der Waals surface area contributed by atoms with Crippen molar-refractivity contribution in [2.75, 3.05) is 23.7 Å². The van der Waals surface area contributed by atoms with Gasteiger partial charge in [-0.2, -0.15) is 0 Å². The number of amides is 1. The zero-order valence-corrected chi connectivity index (χ0v) is 9.14. The van der Waals surface area contributed by atoms with Crippen molar-refractivity contribution in [3.63, 3.8) is 0 Å². The molecule has 1 amide bonds. The molecular weight excluding hydrogens is 206 g/mol. The van der Waals surface area contributed by atoms with E-state index in [1.54, 1.807) is 12.1 Å². The molecule has 0 fully saturated rings. The second-order valence-electron chi connectivity index (χ2n) is 4.00. The summed E-state index contributed by atoms with van der Waals surface area (Å²) >= 11 is 0. The fourth-order valence-electron chi connectivity index (χ4n) is 1.89. The van der Waals surface area contributed by atoms with Crippen molar-refractivity contribution < 1.29 is 9.53 Å². The molecule has 0 radical (unpaired) electrons. The Morgan fingerprint density at radius 2 is 2.38 bits per heavy atom. The average molecular weight is 221 g/mol. The highest BCUT2D eigenvalue weighted by molar-refractivity contribution is 5.81. The Balaban J connectivity index is 2.34. The van der Waals surface area contributed by atoms with E-state index in [-0.39, 0.29) is 18.6 Å². The van der Waals surface area contributed by atoms with E-state index in [0.29, 0.717) is 18.0 Å². The Morgan fingerprint density at radius 3 is 3.06 bits per heavy atom. The number of ether oxygens (including phenoxy) is 1. The van der Waals surface area contributed by atoms with Gasteiger partial charge in [-0.15, -0.1) is 0 Å². The Morgan fingerprint density at radius 1 is 1.62 bits per heavy atom. The third kappa shape index (κ3) is 2.03. The van der Waals surface area contributed by atoms with Crippen molar-refractivity contribution >= 4 is 17.3 Å². The maximum absolute atomic E-state index is 11.0. The van der Waals surface area contributed by atoms with Gasteiger partial charge in [0.15, 0.2) is 0 Å². The number of fused-ring (bicyclic) bond motifs is 1. The Kier molecular flexibility index (Phi) is 2.60. The lowest BCUT2D eigenvalue weighted by Crippen LogP contribution is -2.42. The fourth-order valence-corrected chi connectivity index (χ4v) is 1.89. The molecule has 1 atom stereocenters. The number of nitrogens with two attached hydrogens (primary N) is 2. The first-order valence-electron chi connectivity index (χ1n) is 5.15. The predicted octanol–water partition coefficient (Wildman–Crippen LogP) is 0.341. The number of carbonyl (C=O) groups excluding carboxylic acids is 1. The maximum Gasteiger partial charge on any atom is 0.236 e. The molecule has 0 bridgehead atoms. The molecule has 0 aliphatic carbocycles. The lowest BCUT2D eigenvalue weighted by molar-refractivity contribution is -0.116. The third-order valence-electron chi connectivity index (χ3n) is 2.48. The molecular formula is C11H15N3O2. The number of rotatable bonds is 2. The molecule has 1 aromatic rings. The number of carbonyl (C=O) groups is 1. The Bertz CT molecular complexity index is 420. The molecule has 0 aromatic heterocycles. The monoisotopic (exact) mass is 221 g/mol. The van der Waals surface area contributed by atoms with Crippen LogP contribution in [0.2, 0.25) is 0 Å². The summed E-state index contributed by atoms with van der Waals surface area (Å²) in [7, 11) is 0. The summed E-state index contributed by atoms with van der Waals surface area (Å²) in [5.41, 5.74) is 12.4. The highest BCUT2D eigenvalue weighted by Gasteiger charge is 2.23. The summed E-state index contributed by atoms with van der Waals surface area (Å²) in [6.45, 7) is 2.80. The average Bonchev–Trinajstić information content (AvgIpc) is 2.15. The first-order valence-corrected chi connectivity index (χ1v) is 5.15. The molecule has 0 spiro atoms. The molecule has 4 N–H and O–H groups in total. The molecule has 1 aliphatic rings. The van der Waals surface area contributed by atoms with Crippen LogP contribution >= 0.6 is 0 Å². The van der Waals surface area contributed by atoms with Crippen LogP contribution in [0.15, 0.2) is 18.2 Å². The Labute approximate surface area is 94.0 Å².